The van der Waals surface area contributed by atoms with Gasteiger partial charge in [0.15, 0.2) is 5.13 Å². The summed E-state index contributed by atoms with van der Waals surface area (Å²) in [6.07, 6.45) is 0. The fourth-order valence-electron chi connectivity index (χ4n) is 2.15. The van der Waals surface area contributed by atoms with E-state index in [9.17, 15) is 9.90 Å². The summed E-state index contributed by atoms with van der Waals surface area (Å²) in [5.41, 5.74) is 7.98. The van der Waals surface area contributed by atoms with E-state index < -0.39 is 5.91 Å². The van der Waals surface area contributed by atoms with Crippen molar-refractivity contribution < 1.29 is 9.90 Å². The zero-order chi connectivity index (χ0) is 16.2. The molecule has 0 aliphatic heterocycles. The van der Waals surface area contributed by atoms with Crippen LogP contribution in [0.15, 0.2) is 53.9 Å². The molecule has 0 bridgehead atoms. The van der Waals surface area contributed by atoms with E-state index in [0.29, 0.717) is 6.54 Å². The van der Waals surface area contributed by atoms with Gasteiger partial charge in [0.25, 0.3) is 5.91 Å². The van der Waals surface area contributed by atoms with Crippen molar-refractivity contribution in [1.82, 2.24) is 4.98 Å². The highest BCUT2D eigenvalue weighted by molar-refractivity contribution is 7.14. The largest absolute Gasteiger partial charge is 0.507 e. The van der Waals surface area contributed by atoms with Crippen LogP contribution < -0.4 is 11.1 Å². The number of aromatic nitrogens is 1. The fraction of sp³-hybridized carbons (Fsp3) is 0.0588. The first kappa shape index (κ1) is 15.1. The molecular formula is C17H15N3O2S. The van der Waals surface area contributed by atoms with Gasteiger partial charge in [0, 0.05) is 17.5 Å². The highest BCUT2D eigenvalue weighted by Crippen LogP contribution is 2.28. The first-order valence-electron chi connectivity index (χ1n) is 7.00. The Morgan fingerprint density at radius 2 is 2.00 bits per heavy atom. The second-order valence-corrected chi connectivity index (χ2v) is 5.83. The van der Waals surface area contributed by atoms with Crippen molar-refractivity contribution in [1.29, 1.82) is 0 Å². The Morgan fingerprint density at radius 3 is 2.74 bits per heavy atom. The lowest BCUT2D eigenvalue weighted by Crippen LogP contribution is -2.11. The van der Waals surface area contributed by atoms with Crippen molar-refractivity contribution in [3.8, 4) is 17.0 Å². The lowest BCUT2D eigenvalue weighted by Gasteiger charge is -2.04. The number of primary amides is 1. The normalized spacial score (nSPS) is 10.4. The van der Waals surface area contributed by atoms with E-state index in [1.807, 2.05) is 35.7 Å². The SMILES string of the molecule is NC(=O)c1cc(-c2csc(NCc3ccccc3)n2)ccc1O. The van der Waals surface area contributed by atoms with Gasteiger partial charge in [-0.25, -0.2) is 4.98 Å². The molecule has 0 aliphatic carbocycles. The number of hydrogen-bond donors (Lipinski definition) is 3. The molecule has 0 saturated carbocycles. The van der Waals surface area contributed by atoms with Gasteiger partial charge in [-0.3, -0.25) is 4.79 Å². The number of aromatic hydroxyl groups is 1. The summed E-state index contributed by atoms with van der Waals surface area (Å²) in [7, 11) is 0. The van der Waals surface area contributed by atoms with Crippen LogP contribution in [0.5, 0.6) is 5.75 Å². The van der Waals surface area contributed by atoms with Crippen LogP contribution in [0.4, 0.5) is 5.13 Å². The third-order valence-electron chi connectivity index (χ3n) is 3.35. The van der Waals surface area contributed by atoms with Crippen LogP contribution in [0.3, 0.4) is 0 Å². The third-order valence-corrected chi connectivity index (χ3v) is 4.15. The highest BCUT2D eigenvalue weighted by Gasteiger charge is 2.11. The molecule has 0 saturated heterocycles. The molecular weight excluding hydrogens is 310 g/mol. The Bertz CT molecular complexity index is 831. The molecule has 1 heterocycles. The lowest BCUT2D eigenvalue weighted by molar-refractivity contribution is 0.0998. The van der Waals surface area contributed by atoms with Gasteiger partial charge in [-0.15, -0.1) is 11.3 Å². The number of amides is 1. The molecule has 4 N–H and O–H groups in total. The first-order valence-corrected chi connectivity index (χ1v) is 7.88. The molecule has 3 aromatic rings. The number of carbonyl (C=O) groups is 1. The predicted molar refractivity (Wildman–Crippen MR) is 91.5 cm³/mol. The molecule has 23 heavy (non-hydrogen) atoms. The average Bonchev–Trinajstić information content (AvgIpc) is 3.03. The van der Waals surface area contributed by atoms with Gasteiger partial charge < -0.3 is 16.2 Å². The van der Waals surface area contributed by atoms with Crippen LogP contribution in [0, 0.1) is 0 Å². The zero-order valence-electron chi connectivity index (χ0n) is 12.2. The van der Waals surface area contributed by atoms with Gasteiger partial charge in [-0.2, -0.15) is 0 Å². The molecule has 2 aromatic carbocycles. The molecule has 0 radical (unpaired) electrons. The molecule has 0 aliphatic rings. The summed E-state index contributed by atoms with van der Waals surface area (Å²) in [4.78, 5) is 15.8. The van der Waals surface area contributed by atoms with E-state index in [4.69, 9.17) is 5.73 Å². The maximum absolute atomic E-state index is 11.3. The Balaban J connectivity index is 1.77. The van der Waals surface area contributed by atoms with Crippen molar-refractivity contribution in [2.45, 2.75) is 6.54 Å². The van der Waals surface area contributed by atoms with Crippen molar-refractivity contribution in [2.24, 2.45) is 5.73 Å². The van der Waals surface area contributed by atoms with Crippen LogP contribution in [-0.4, -0.2) is 16.0 Å². The van der Waals surface area contributed by atoms with Crippen molar-refractivity contribution in [2.75, 3.05) is 5.32 Å². The molecule has 6 heteroatoms. The summed E-state index contributed by atoms with van der Waals surface area (Å²) >= 11 is 1.48. The second kappa shape index (κ2) is 6.50. The Labute approximate surface area is 137 Å². The van der Waals surface area contributed by atoms with Gasteiger partial charge in [-0.05, 0) is 23.8 Å². The summed E-state index contributed by atoms with van der Waals surface area (Å²) in [5.74, 6) is -0.791. The number of nitrogens with zero attached hydrogens (tertiary/aromatic N) is 1. The molecule has 0 atom stereocenters. The Hall–Kier alpha value is -2.86. The predicted octanol–water partition coefficient (Wildman–Crippen LogP) is 3.23. The Kier molecular flexibility index (Phi) is 4.25. The minimum Gasteiger partial charge on any atom is -0.507 e. The number of hydrogen-bond acceptors (Lipinski definition) is 5. The summed E-state index contributed by atoms with van der Waals surface area (Å²) in [6.45, 7) is 0.690. The van der Waals surface area contributed by atoms with Crippen LogP contribution >= 0.6 is 11.3 Å². The maximum Gasteiger partial charge on any atom is 0.252 e. The fourth-order valence-corrected chi connectivity index (χ4v) is 2.87. The first-order chi connectivity index (χ1) is 11.1. The van der Waals surface area contributed by atoms with E-state index in [-0.39, 0.29) is 11.3 Å². The van der Waals surface area contributed by atoms with Gasteiger partial charge in [0.1, 0.15) is 5.75 Å². The topological polar surface area (TPSA) is 88.2 Å². The van der Waals surface area contributed by atoms with Crippen molar-refractivity contribution in [3.05, 3.63) is 65.0 Å². The number of nitrogens with two attached hydrogens (primary N) is 1. The summed E-state index contributed by atoms with van der Waals surface area (Å²) in [6, 6.07) is 14.8. The molecule has 5 nitrogen and oxygen atoms in total. The van der Waals surface area contributed by atoms with Gasteiger partial charge >= 0.3 is 0 Å². The van der Waals surface area contributed by atoms with E-state index in [1.54, 1.807) is 12.1 Å². The van der Waals surface area contributed by atoms with Crippen LogP contribution in [0.1, 0.15) is 15.9 Å². The van der Waals surface area contributed by atoms with Gasteiger partial charge in [-0.1, -0.05) is 30.3 Å². The monoisotopic (exact) mass is 325 g/mol. The number of benzene rings is 2. The Morgan fingerprint density at radius 1 is 1.22 bits per heavy atom. The average molecular weight is 325 g/mol. The number of nitrogens with one attached hydrogen (secondary N) is 1. The highest BCUT2D eigenvalue weighted by atomic mass is 32.1. The molecule has 0 unspecified atom stereocenters. The summed E-state index contributed by atoms with van der Waals surface area (Å²) < 4.78 is 0. The van der Waals surface area contributed by atoms with Crippen LogP contribution in [0.25, 0.3) is 11.3 Å². The lowest BCUT2D eigenvalue weighted by atomic mass is 10.1. The number of rotatable bonds is 5. The molecule has 0 fully saturated rings. The molecule has 3 rings (SSSR count). The molecule has 0 spiro atoms. The van der Waals surface area contributed by atoms with Gasteiger partial charge in [0.05, 0.1) is 11.3 Å². The smallest absolute Gasteiger partial charge is 0.252 e. The standard InChI is InChI=1S/C17H15N3O2S/c18-16(22)13-8-12(6-7-15(13)21)14-10-23-17(20-14)19-9-11-4-2-1-3-5-11/h1-8,10,21H,9H2,(H2,18,22)(H,19,20). The third kappa shape index (κ3) is 3.49. The number of phenols is 1. The van der Waals surface area contributed by atoms with Gasteiger partial charge in [0.2, 0.25) is 0 Å². The quantitative estimate of drug-likeness (QED) is 0.672. The minimum absolute atomic E-state index is 0.0919. The van der Waals surface area contributed by atoms with E-state index in [1.165, 1.54) is 23.0 Å². The van der Waals surface area contributed by atoms with Crippen LogP contribution in [-0.2, 0) is 6.54 Å². The molecule has 116 valence electrons. The van der Waals surface area contributed by atoms with E-state index in [2.05, 4.69) is 10.3 Å². The number of carbonyl (C=O) groups excluding carboxylic acids is 1. The van der Waals surface area contributed by atoms with Crippen LogP contribution in [0.2, 0.25) is 0 Å². The van der Waals surface area contributed by atoms with Crippen molar-refractivity contribution in [3.63, 3.8) is 0 Å². The number of thiazole rings is 1. The minimum atomic E-state index is -0.665. The summed E-state index contributed by atoms with van der Waals surface area (Å²) in [5, 5.41) is 15.6. The second-order valence-electron chi connectivity index (χ2n) is 4.97. The maximum atomic E-state index is 11.3. The van der Waals surface area contributed by atoms with Crippen molar-refractivity contribution >= 4 is 22.4 Å². The van der Waals surface area contributed by atoms with E-state index in [0.717, 1.165) is 16.4 Å². The molecule has 1 aromatic heterocycles. The zero-order valence-corrected chi connectivity index (χ0v) is 13.0. The molecule has 1 amide bonds. The van der Waals surface area contributed by atoms with E-state index >= 15 is 0 Å². The number of anilines is 1.